The van der Waals surface area contributed by atoms with Crippen molar-refractivity contribution in [3.8, 4) is 5.75 Å². The summed E-state index contributed by atoms with van der Waals surface area (Å²) in [6.07, 6.45) is 0.869. The monoisotopic (exact) mass is 460 g/mol. The smallest absolute Gasteiger partial charge is 0.119 e. The van der Waals surface area contributed by atoms with Gasteiger partial charge in [-0.2, -0.15) is 0 Å². The van der Waals surface area contributed by atoms with Gasteiger partial charge in [-0.1, -0.05) is 54.6 Å². The van der Waals surface area contributed by atoms with E-state index in [9.17, 15) is 10.2 Å². The Labute approximate surface area is 200 Å². The van der Waals surface area contributed by atoms with Gasteiger partial charge in [-0.25, -0.2) is 0 Å². The second-order valence-corrected chi connectivity index (χ2v) is 9.37. The van der Waals surface area contributed by atoms with E-state index in [1.54, 1.807) is 0 Å². The van der Waals surface area contributed by atoms with Gasteiger partial charge in [0.25, 0.3) is 0 Å². The average molecular weight is 461 g/mol. The highest BCUT2D eigenvalue weighted by Crippen LogP contribution is 2.33. The van der Waals surface area contributed by atoms with E-state index in [0.29, 0.717) is 26.1 Å². The van der Waals surface area contributed by atoms with Crippen LogP contribution in [0, 0.1) is 6.92 Å². The molecule has 0 aliphatic carbocycles. The molecule has 1 saturated heterocycles. The maximum absolute atomic E-state index is 10.2. The molecule has 0 saturated carbocycles. The standard InChI is InChI=1S/C29H32O5/c1-19-6-9-21(28-15-24(31)14-26(16-30)34-28)13-23(19)12-20-7-10-25(11-8-20)32-18-29-27-5-3-2-4-22(27)17-33-29/h2-11,13,24,26,28-31H,12,14-18H2,1H3/t24-,26-,28+,29+/m0/s1. The van der Waals surface area contributed by atoms with Crippen LogP contribution in [0.1, 0.15) is 58.4 Å². The average Bonchev–Trinajstić information content (AvgIpc) is 3.27. The summed E-state index contributed by atoms with van der Waals surface area (Å²) >= 11 is 0. The second-order valence-electron chi connectivity index (χ2n) is 9.37. The first-order valence-electron chi connectivity index (χ1n) is 12.0. The van der Waals surface area contributed by atoms with Gasteiger partial charge in [0.1, 0.15) is 18.5 Å². The van der Waals surface area contributed by atoms with Crippen molar-refractivity contribution in [3.05, 3.63) is 100 Å². The van der Waals surface area contributed by atoms with Crippen LogP contribution >= 0.6 is 0 Å². The molecule has 2 heterocycles. The lowest BCUT2D eigenvalue weighted by atomic mass is 9.92. The molecule has 0 bridgehead atoms. The number of aliphatic hydroxyl groups excluding tert-OH is 2. The Morgan fingerprint density at radius 3 is 2.65 bits per heavy atom. The van der Waals surface area contributed by atoms with Crippen LogP contribution < -0.4 is 4.74 Å². The van der Waals surface area contributed by atoms with Crippen molar-refractivity contribution in [3.63, 3.8) is 0 Å². The predicted molar refractivity (Wildman–Crippen MR) is 130 cm³/mol. The molecule has 5 rings (SSSR count). The van der Waals surface area contributed by atoms with Gasteiger partial charge < -0.3 is 24.4 Å². The van der Waals surface area contributed by atoms with Crippen molar-refractivity contribution in [2.45, 2.75) is 57.2 Å². The molecule has 2 aliphatic rings. The molecule has 2 aliphatic heterocycles. The van der Waals surface area contributed by atoms with Crippen LogP contribution in [-0.2, 0) is 22.5 Å². The Balaban J connectivity index is 1.22. The third-order valence-electron chi connectivity index (χ3n) is 6.89. The maximum Gasteiger partial charge on any atom is 0.119 e. The van der Waals surface area contributed by atoms with Crippen molar-refractivity contribution >= 4 is 0 Å². The molecule has 5 heteroatoms. The summed E-state index contributed by atoms with van der Waals surface area (Å²) in [5.74, 6) is 0.835. The number of ether oxygens (including phenoxy) is 3. The van der Waals surface area contributed by atoms with Gasteiger partial charge in [-0.15, -0.1) is 0 Å². The minimum Gasteiger partial charge on any atom is -0.491 e. The number of aryl methyl sites for hydroxylation is 1. The topological polar surface area (TPSA) is 68.2 Å². The summed E-state index contributed by atoms with van der Waals surface area (Å²) in [5.41, 5.74) is 7.16. The highest BCUT2D eigenvalue weighted by Gasteiger charge is 2.29. The number of fused-ring (bicyclic) bond motifs is 1. The Morgan fingerprint density at radius 2 is 1.82 bits per heavy atom. The summed E-state index contributed by atoms with van der Waals surface area (Å²) < 4.78 is 17.9. The molecule has 0 radical (unpaired) electrons. The van der Waals surface area contributed by atoms with E-state index in [1.807, 2.05) is 24.3 Å². The summed E-state index contributed by atoms with van der Waals surface area (Å²) in [5, 5.41) is 19.7. The molecule has 2 N–H and O–H groups in total. The zero-order chi connectivity index (χ0) is 23.5. The minimum absolute atomic E-state index is 0.0211. The molecule has 0 aromatic heterocycles. The predicted octanol–water partition coefficient (Wildman–Crippen LogP) is 4.81. The van der Waals surface area contributed by atoms with Crippen LogP contribution in [0.2, 0.25) is 0 Å². The maximum atomic E-state index is 10.2. The first-order chi connectivity index (χ1) is 16.6. The van der Waals surface area contributed by atoms with Crippen molar-refractivity contribution in [1.29, 1.82) is 0 Å². The number of aliphatic hydroxyl groups is 2. The molecule has 0 spiro atoms. The number of benzene rings is 3. The van der Waals surface area contributed by atoms with Gasteiger partial charge in [0, 0.05) is 12.8 Å². The summed E-state index contributed by atoms with van der Waals surface area (Å²) in [7, 11) is 0. The molecular weight excluding hydrogens is 428 g/mol. The summed E-state index contributed by atoms with van der Waals surface area (Å²) in [4.78, 5) is 0. The van der Waals surface area contributed by atoms with Crippen LogP contribution in [0.5, 0.6) is 5.75 Å². The summed E-state index contributed by atoms with van der Waals surface area (Å²) in [6, 6.07) is 22.9. The molecule has 3 aromatic rings. The first-order valence-corrected chi connectivity index (χ1v) is 12.0. The molecular formula is C29H32O5. The number of rotatable bonds is 7. The molecule has 0 unspecified atom stereocenters. The van der Waals surface area contributed by atoms with Gasteiger partial charge in [-0.05, 0) is 58.9 Å². The molecule has 34 heavy (non-hydrogen) atoms. The second kappa shape index (κ2) is 10.3. The van der Waals surface area contributed by atoms with E-state index in [1.165, 1.54) is 27.8 Å². The minimum atomic E-state index is -0.448. The molecule has 5 nitrogen and oxygen atoms in total. The van der Waals surface area contributed by atoms with Gasteiger partial charge in [0.15, 0.2) is 0 Å². The van der Waals surface area contributed by atoms with Crippen molar-refractivity contribution in [2.24, 2.45) is 0 Å². The van der Waals surface area contributed by atoms with E-state index in [4.69, 9.17) is 14.2 Å². The quantitative estimate of drug-likeness (QED) is 0.530. The van der Waals surface area contributed by atoms with E-state index in [-0.39, 0.29) is 24.9 Å². The zero-order valence-corrected chi connectivity index (χ0v) is 19.5. The Kier molecular flexibility index (Phi) is 6.97. The Morgan fingerprint density at radius 1 is 1.00 bits per heavy atom. The lowest BCUT2D eigenvalue weighted by molar-refractivity contribution is -0.113. The van der Waals surface area contributed by atoms with Gasteiger partial charge in [0.2, 0.25) is 0 Å². The fraction of sp³-hybridized carbons (Fsp3) is 0.379. The van der Waals surface area contributed by atoms with Crippen molar-refractivity contribution in [2.75, 3.05) is 13.2 Å². The lowest BCUT2D eigenvalue weighted by Crippen LogP contribution is -2.33. The van der Waals surface area contributed by atoms with Crippen LogP contribution in [0.15, 0.2) is 66.7 Å². The highest BCUT2D eigenvalue weighted by atomic mass is 16.5. The third-order valence-corrected chi connectivity index (χ3v) is 6.89. The van der Waals surface area contributed by atoms with Crippen LogP contribution in [0.3, 0.4) is 0 Å². The van der Waals surface area contributed by atoms with Crippen LogP contribution in [0.4, 0.5) is 0 Å². The van der Waals surface area contributed by atoms with E-state index < -0.39 is 6.10 Å². The van der Waals surface area contributed by atoms with Gasteiger partial charge in [0.05, 0.1) is 31.5 Å². The van der Waals surface area contributed by atoms with E-state index >= 15 is 0 Å². The highest BCUT2D eigenvalue weighted by molar-refractivity contribution is 5.38. The third kappa shape index (κ3) is 5.18. The molecule has 1 fully saturated rings. The largest absolute Gasteiger partial charge is 0.491 e. The summed E-state index contributed by atoms with van der Waals surface area (Å²) in [6.45, 7) is 3.19. The molecule has 178 valence electrons. The normalized spacial score (nSPS) is 24.1. The van der Waals surface area contributed by atoms with Crippen molar-refractivity contribution in [1.82, 2.24) is 0 Å². The Bertz CT molecular complexity index is 1110. The van der Waals surface area contributed by atoms with Crippen LogP contribution in [0.25, 0.3) is 0 Å². The zero-order valence-electron chi connectivity index (χ0n) is 19.5. The number of hydrogen-bond donors (Lipinski definition) is 2. The fourth-order valence-electron chi connectivity index (χ4n) is 4.90. The van der Waals surface area contributed by atoms with Gasteiger partial charge in [-0.3, -0.25) is 0 Å². The van der Waals surface area contributed by atoms with E-state index in [0.717, 1.165) is 17.7 Å². The Hall–Kier alpha value is -2.70. The number of hydrogen-bond acceptors (Lipinski definition) is 5. The SMILES string of the molecule is Cc1ccc([C@H]2C[C@@H](O)C[C@@H](CO)O2)cc1Cc1ccc(OC[C@H]2OCc3ccccc32)cc1. The fourth-order valence-corrected chi connectivity index (χ4v) is 4.90. The van der Waals surface area contributed by atoms with Crippen LogP contribution in [-0.4, -0.2) is 35.6 Å². The molecule has 4 atom stereocenters. The molecule has 0 amide bonds. The first kappa shape index (κ1) is 23.1. The lowest BCUT2D eigenvalue weighted by Gasteiger charge is -2.32. The molecule has 3 aromatic carbocycles. The van der Waals surface area contributed by atoms with Crippen molar-refractivity contribution < 1.29 is 24.4 Å². The van der Waals surface area contributed by atoms with E-state index in [2.05, 4.69) is 49.4 Å². The van der Waals surface area contributed by atoms with Gasteiger partial charge >= 0.3 is 0 Å².